The van der Waals surface area contributed by atoms with Crippen LogP contribution >= 0.6 is 0 Å². The van der Waals surface area contributed by atoms with Gasteiger partial charge in [-0.2, -0.15) is 0 Å². The Kier molecular flexibility index (Phi) is 3.69. The van der Waals surface area contributed by atoms with Gasteiger partial charge in [0.1, 0.15) is 23.9 Å². The van der Waals surface area contributed by atoms with E-state index in [9.17, 15) is 25.2 Å². The maximum Gasteiger partial charge on any atom is 0.284 e. The smallest absolute Gasteiger partial charge is 0.284 e. The predicted molar refractivity (Wildman–Crippen MR) is 79.4 cm³/mol. The summed E-state index contributed by atoms with van der Waals surface area (Å²) in [6.45, 7) is 0.900. The quantitative estimate of drug-likeness (QED) is 0.341. The summed E-state index contributed by atoms with van der Waals surface area (Å²) < 4.78 is 6.15. The van der Waals surface area contributed by atoms with Gasteiger partial charge < -0.3 is 36.6 Å². The zero-order valence-electron chi connectivity index (χ0n) is 12.6. The second-order valence-electron chi connectivity index (χ2n) is 5.56. The van der Waals surface area contributed by atoms with Crippen molar-refractivity contribution in [2.24, 2.45) is 5.73 Å². The number of rotatable bonds is 3. The van der Waals surface area contributed by atoms with E-state index in [1.165, 1.54) is 0 Å². The van der Waals surface area contributed by atoms with Crippen LogP contribution in [0.2, 0.25) is 0 Å². The topological polar surface area (TPSA) is 190 Å². The van der Waals surface area contributed by atoms with Crippen LogP contribution in [-0.4, -0.2) is 65.8 Å². The fraction of sp³-hybridized carbons (Fsp3) is 0.462. The van der Waals surface area contributed by atoms with Crippen molar-refractivity contribution in [3.8, 4) is 0 Å². The van der Waals surface area contributed by atoms with E-state index in [1.54, 1.807) is 6.92 Å². The number of aromatic nitrogens is 3. The molecule has 8 N–H and O–H groups in total. The summed E-state index contributed by atoms with van der Waals surface area (Å²) in [4.78, 5) is 19.7. The standard InChI is InChI=1S/C13H17N5O6/c1-4-16-10(14)7-5(11(15)22)2-18(12(7)17-4)13(23)9(21)8(20)6(3-19)24-13/h2,6,8-9,19-21,23H,3H2,1H3,(H2,15,22)(H2,14,16,17)/t6-,8-,9-,13-/m1/s1. The summed E-state index contributed by atoms with van der Waals surface area (Å²) >= 11 is 0. The highest BCUT2D eigenvalue weighted by Gasteiger charge is 2.55. The molecule has 11 heteroatoms. The molecule has 24 heavy (non-hydrogen) atoms. The number of carbonyl (C=O) groups excluding carboxylic acids is 1. The Balaban J connectivity index is 2.29. The number of amides is 1. The third-order valence-corrected chi connectivity index (χ3v) is 3.99. The summed E-state index contributed by atoms with van der Waals surface area (Å²) in [6.07, 6.45) is -3.51. The van der Waals surface area contributed by atoms with E-state index in [-0.39, 0.29) is 28.2 Å². The molecule has 0 spiro atoms. The molecule has 2 aromatic heterocycles. The number of nitrogen functional groups attached to an aromatic ring is 1. The second kappa shape index (κ2) is 5.36. The Bertz CT molecular complexity index is 823. The minimum absolute atomic E-state index is 0.0128. The van der Waals surface area contributed by atoms with Crippen molar-refractivity contribution in [2.75, 3.05) is 12.3 Å². The third-order valence-electron chi connectivity index (χ3n) is 3.99. The number of anilines is 1. The number of nitrogens with zero attached hydrogens (tertiary/aromatic N) is 3. The molecule has 1 fully saturated rings. The molecule has 0 unspecified atom stereocenters. The van der Waals surface area contributed by atoms with E-state index in [2.05, 4.69) is 9.97 Å². The number of aryl methyl sites for hydroxylation is 1. The number of aliphatic hydroxyl groups excluding tert-OH is 3. The van der Waals surface area contributed by atoms with Gasteiger partial charge >= 0.3 is 0 Å². The molecule has 3 rings (SSSR count). The van der Waals surface area contributed by atoms with Crippen LogP contribution in [0.25, 0.3) is 11.0 Å². The maximum atomic E-state index is 11.7. The summed E-state index contributed by atoms with van der Waals surface area (Å²) in [5.74, 6) is -3.13. The number of carbonyl (C=O) groups is 1. The van der Waals surface area contributed by atoms with Crippen LogP contribution in [0.1, 0.15) is 16.2 Å². The summed E-state index contributed by atoms with van der Waals surface area (Å²) in [7, 11) is 0. The molecule has 0 aromatic carbocycles. The van der Waals surface area contributed by atoms with Crippen molar-refractivity contribution in [2.45, 2.75) is 31.1 Å². The molecular formula is C13H17N5O6. The Labute approximate surface area is 135 Å². The van der Waals surface area contributed by atoms with Gasteiger partial charge in [-0.1, -0.05) is 0 Å². The molecule has 1 aliphatic rings. The summed E-state index contributed by atoms with van der Waals surface area (Å²) in [5.41, 5.74) is 11.0. The number of hydrogen-bond donors (Lipinski definition) is 6. The molecule has 0 radical (unpaired) electrons. The monoisotopic (exact) mass is 339 g/mol. The summed E-state index contributed by atoms with van der Waals surface area (Å²) in [6, 6.07) is 0. The first-order valence-corrected chi connectivity index (χ1v) is 7.03. The van der Waals surface area contributed by atoms with Gasteiger partial charge in [0.25, 0.3) is 11.8 Å². The number of fused-ring (bicyclic) bond motifs is 1. The highest BCUT2D eigenvalue weighted by Crippen LogP contribution is 2.37. The van der Waals surface area contributed by atoms with E-state index < -0.39 is 36.7 Å². The minimum Gasteiger partial charge on any atom is -0.394 e. The zero-order chi connectivity index (χ0) is 17.8. The highest BCUT2D eigenvalue weighted by molar-refractivity contribution is 6.08. The molecule has 3 heterocycles. The normalized spacial score (nSPS) is 30.1. The molecule has 11 nitrogen and oxygen atoms in total. The van der Waals surface area contributed by atoms with E-state index in [0.29, 0.717) is 0 Å². The lowest BCUT2D eigenvalue weighted by Crippen LogP contribution is -2.45. The predicted octanol–water partition coefficient (Wildman–Crippen LogP) is -2.86. The van der Waals surface area contributed by atoms with E-state index in [4.69, 9.17) is 16.2 Å². The number of nitrogens with two attached hydrogens (primary N) is 2. The Morgan fingerprint density at radius 3 is 2.67 bits per heavy atom. The molecule has 4 atom stereocenters. The Morgan fingerprint density at radius 2 is 2.12 bits per heavy atom. The lowest BCUT2D eigenvalue weighted by Gasteiger charge is -2.27. The Morgan fingerprint density at radius 1 is 1.46 bits per heavy atom. The van der Waals surface area contributed by atoms with Crippen LogP contribution in [0, 0.1) is 6.92 Å². The second-order valence-corrected chi connectivity index (χ2v) is 5.56. The van der Waals surface area contributed by atoms with Gasteiger partial charge in [-0.05, 0) is 6.92 Å². The van der Waals surface area contributed by atoms with E-state index >= 15 is 0 Å². The molecule has 1 aliphatic heterocycles. The molecule has 1 amide bonds. The van der Waals surface area contributed by atoms with Crippen LogP contribution in [0.15, 0.2) is 6.20 Å². The van der Waals surface area contributed by atoms with Gasteiger partial charge in [0.15, 0.2) is 11.8 Å². The molecule has 1 saturated heterocycles. The first kappa shape index (κ1) is 16.5. The van der Waals surface area contributed by atoms with E-state index in [0.717, 1.165) is 10.8 Å². The van der Waals surface area contributed by atoms with Crippen molar-refractivity contribution in [1.82, 2.24) is 14.5 Å². The number of hydrogen-bond acceptors (Lipinski definition) is 9. The number of ether oxygens (including phenoxy) is 1. The maximum absolute atomic E-state index is 11.7. The van der Waals surface area contributed by atoms with Gasteiger partial charge in [0, 0.05) is 6.20 Å². The summed E-state index contributed by atoms with van der Waals surface area (Å²) in [5, 5.41) is 40.1. The van der Waals surface area contributed by atoms with Crippen LogP contribution in [0.5, 0.6) is 0 Å². The van der Waals surface area contributed by atoms with Crippen molar-refractivity contribution in [1.29, 1.82) is 0 Å². The van der Waals surface area contributed by atoms with Gasteiger partial charge in [-0.3, -0.25) is 9.36 Å². The highest BCUT2D eigenvalue weighted by atomic mass is 16.7. The van der Waals surface area contributed by atoms with Crippen LogP contribution < -0.4 is 11.5 Å². The molecular weight excluding hydrogens is 322 g/mol. The van der Waals surface area contributed by atoms with Gasteiger partial charge in [-0.15, -0.1) is 0 Å². The van der Waals surface area contributed by atoms with Gasteiger partial charge in [0.2, 0.25) is 0 Å². The van der Waals surface area contributed by atoms with Gasteiger partial charge in [0.05, 0.1) is 17.6 Å². The fourth-order valence-electron chi connectivity index (χ4n) is 2.83. The Hall–Kier alpha value is -2.31. The first-order chi connectivity index (χ1) is 11.2. The third kappa shape index (κ3) is 2.14. The lowest BCUT2D eigenvalue weighted by atomic mass is 10.1. The first-order valence-electron chi connectivity index (χ1n) is 7.03. The average molecular weight is 339 g/mol. The molecule has 130 valence electrons. The molecule has 0 bridgehead atoms. The van der Waals surface area contributed by atoms with Crippen LogP contribution in [0.4, 0.5) is 5.82 Å². The molecule has 0 aliphatic carbocycles. The molecule has 0 saturated carbocycles. The lowest BCUT2D eigenvalue weighted by molar-refractivity contribution is -0.286. The van der Waals surface area contributed by atoms with Crippen molar-refractivity contribution in [3.05, 3.63) is 17.6 Å². The average Bonchev–Trinajstić information content (AvgIpc) is 3.00. The largest absolute Gasteiger partial charge is 0.394 e. The van der Waals surface area contributed by atoms with Crippen LogP contribution in [-0.2, 0) is 10.6 Å². The number of aliphatic hydroxyl groups is 4. The van der Waals surface area contributed by atoms with Crippen molar-refractivity contribution in [3.63, 3.8) is 0 Å². The SMILES string of the molecule is Cc1nc(N)c2c(C(N)=O)cn([C@]3(O)O[C@H](CO)[C@@H](O)[C@H]3O)c2n1. The molecule has 2 aromatic rings. The number of primary amides is 1. The van der Waals surface area contributed by atoms with Crippen LogP contribution in [0.3, 0.4) is 0 Å². The van der Waals surface area contributed by atoms with Crippen molar-refractivity contribution < 1.29 is 30.0 Å². The van der Waals surface area contributed by atoms with Gasteiger partial charge in [-0.25, -0.2) is 9.97 Å². The minimum atomic E-state index is -2.48. The zero-order valence-corrected chi connectivity index (χ0v) is 12.6. The van der Waals surface area contributed by atoms with Crippen molar-refractivity contribution >= 4 is 22.8 Å². The van der Waals surface area contributed by atoms with E-state index in [1.807, 2.05) is 0 Å². The fourth-order valence-corrected chi connectivity index (χ4v) is 2.83.